The second kappa shape index (κ2) is 13.3. The van der Waals surface area contributed by atoms with Gasteiger partial charge in [-0.05, 0) is 69.0 Å². The first-order valence-corrected chi connectivity index (χ1v) is 14.5. The van der Waals surface area contributed by atoms with Gasteiger partial charge in [-0.3, -0.25) is 13.9 Å². The SMILES string of the molecule is CCc1ccc(N(CCCC(=O)N(Cc2ccc(Cl)c(Cl)c2)[C@@H](C)C(=O)NC(C)C)S(C)(=O)=O)cc1. The number of aryl methyl sites for hydroxylation is 1. The van der Waals surface area contributed by atoms with E-state index in [0.717, 1.165) is 23.8 Å². The largest absolute Gasteiger partial charge is 0.352 e. The van der Waals surface area contributed by atoms with Crippen molar-refractivity contribution in [1.82, 2.24) is 10.2 Å². The standard InChI is InChI=1S/C26H35Cl2N3O4S/c1-6-20-9-12-22(13-10-20)31(36(5,34)35)15-7-8-25(32)30(19(4)26(33)29-18(2)3)17-21-11-14-23(27)24(28)16-21/h9-14,16,18-19H,6-8,15,17H2,1-5H3,(H,29,33)/t19-/m0/s1. The molecule has 0 aliphatic heterocycles. The zero-order valence-corrected chi connectivity index (χ0v) is 23.8. The summed E-state index contributed by atoms with van der Waals surface area (Å²) in [6, 6.07) is 11.6. The Labute approximate surface area is 224 Å². The fraction of sp³-hybridized carbons (Fsp3) is 0.462. The second-order valence-corrected chi connectivity index (χ2v) is 11.8. The van der Waals surface area contributed by atoms with Crippen molar-refractivity contribution in [3.05, 3.63) is 63.6 Å². The van der Waals surface area contributed by atoms with Gasteiger partial charge in [0.25, 0.3) is 0 Å². The highest BCUT2D eigenvalue weighted by atomic mass is 35.5. The zero-order valence-electron chi connectivity index (χ0n) is 21.4. The molecule has 0 heterocycles. The van der Waals surface area contributed by atoms with E-state index in [1.807, 2.05) is 32.9 Å². The van der Waals surface area contributed by atoms with Gasteiger partial charge in [-0.25, -0.2) is 8.42 Å². The maximum absolute atomic E-state index is 13.3. The van der Waals surface area contributed by atoms with Gasteiger partial charge in [0.05, 0.1) is 22.0 Å². The fourth-order valence-corrected chi connectivity index (χ4v) is 5.01. The van der Waals surface area contributed by atoms with E-state index < -0.39 is 16.1 Å². The lowest BCUT2D eigenvalue weighted by molar-refractivity contribution is -0.140. The lowest BCUT2D eigenvalue weighted by Crippen LogP contribution is -2.49. The Bertz CT molecular complexity index is 1150. The highest BCUT2D eigenvalue weighted by Crippen LogP contribution is 2.24. The molecule has 2 amide bonds. The van der Waals surface area contributed by atoms with Crippen LogP contribution in [0.5, 0.6) is 0 Å². The Kier molecular flexibility index (Phi) is 11.1. The second-order valence-electron chi connectivity index (χ2n) is 9.07. The smallest absolute Gasteiger partial charge is 0.242 e. The van der Waals surface area contributed by atoms with Crippen LogP contribution in [-0.2, 0) is 32.6 Å². The summed E-state index contributed by atoms with van der Waals surface area (Å²) in [4.78, 5) is 27.5. The predicted octanol–water partition coefficient (Wildman–Crippen LogP) is 5.04. The van der Waals surface area contributed by atoms with Crippen molar-refractivity contribution in [2.24, 2.45) is 0 Å². The average Bonchev–Trinajstić information content (AvgIpc) is 2.80. The van der Waals surface area contributed by atoms with Crippen molar-refractivity contribution in [1.29, 1.82) is 0 Å². The summed E-state index contributed by atoms with van der Waals surface area (Å²) < 4.78 is 26.2. The third-order valence-corrected chi connectivity index (χ3v) is 7.65. The lowest BCUT2D eigenvalue weighted by Gasteiger charge is -2.30. The normalized spacial score (nSPS) is 12.3. The van der Waals surface area contributed by atoms with Crippen molar-refractivity contribution in [3.63, 3.8) is 0 Å². The Balaban J connectivity index is 2.19. The molecule has 0 radical (unpaired) electrons. The van der Waals surface area contributed by atoms with Crippen molar-refractivity contribution in [2.75, 3.05) is 17.1 Å². The summed E-state index contributed by atoms with van der Waals surface area (Å²) in [6.07, 6.45) is 2.36. The maximum Gasteiger partial charge on any atom is 0.242 e. The van der Waals surface area contributed by atoms with Crippen molar-refractivity contribution < 1.29 is 18.0 Å². The molecule has 1 N–H and O–H groups in total. The number of nitrogens with one attached hydrogen (secondary N) is 1. The van der Waals surface area contributed by atoms with E-state index in [9.17, 15) is 18.0 Å². The quantitative estimate of drug-likeness (QED) is 0.397. The Hall–Kier alpha value is -2.29. The van der Waals surface area contributed by atoms with Crippen LogP contribution in [0.1, 0.15) is 51.7 Å². The number of sulfonamides is 1. The highest BCUT2D eigenvalue weighted by molar-refractivity contribution is 7.92. The molecule has 0 aliphatic rings. The van der Waals surface area contributed by atoms with Gasteiger partial charge in [-0.15, -0.1) is 0 Å². The van der Waals surface area contributed by atoms with Crippen molar-refractivity contribution in [3.8, 4) is 0 Å². The Morgan fingerprint density at radius 2 is 1.58 bits per heavy atom. The number of hydrogen-bond donors (Lipinski definition) is 1. The van der Waals surface area contributed by atoms with Crippen LogP contribution in [-0.4, -0.2) is 50.0 Å². The predicted molar refractivity (Wildman–Crippen MR) is 147 cm³/mol. The summed E-state index contributed by atoms with van der Waals surface area (Å²) >= 11 is 12.2. The molecule has 2 aromatic carbocycles. The van der Waals surface area contributed by atoms with Gasteiger partial charge in [-0.1, -0.05) is 48.3 Å². The summed E-state index contributed by atoms with van der Waals surface area (Å²) in [5.74, 6) is -0.533. The maximum atomic E-state index is 13.3. The summed E-state index contributed by atoms with van der Waals surface area (Å²) in [7, 11) is -3.54. The molecule has 0 saturated heterocycles. The molecule has 1 atom stereocenters. The summed E-state index contributed by atoms with van der Waals surface area (Å²) in [5.41, 5.74) is 2.39. The summed E-state index contributed by atoms with van der Waals surface area (Å²) in [6.45, 7) is 7.71. The van der Waals surface area contributed by atoms with Crippen LogP contribution in [0.25, 0.3) is 0 Å². The molecule has 2 rings (SSSR count). The number of halogens is 2. The molecule has 0 aromatic heterocycles. The third kappa shape index (κ3) is 8.68. The van der Waals surface area contributed by atoms with Crippen molar-refractivity contribution in [2.45, 2.75) is 65.6 Å². The molecule has 7 nitrogen and oxygen atoms in total. The number of benzene rings is 2. The van der Waals surface area contributed by atoms with Crippen LogP contribution in [0.15, 0.2) is 42.5 Å². The van der Waals surface area contributed by atoms with E-state index in [-0.39, 0.29) is 43.8 Å². The van der Waals surface area contributed by atoms with E-state index >= 15 is 0 Å². The molecule has 0 aliphatic carbocycles. The van der Waals surface area contributed by atoms with E-state index in [0.29, 0.717) is 15.7 Å². The Morgan fingerprint density at radius 3 is 2.11 bits per heavy atom. The molecular formula is C26H35Cl2N3O4S. The third-order valence-electron chi connectivity index (χ3n) is 5.72. The van der Waals surface area contributed by atoms with Gasteiger partial charge in [0.2, 0.25) is 21.8 Å². The first-order valence-electron chi connectivity index (χ1n) is 11.9. The number of carbonyl (C=O) groups is 2. The molecule has 198 valence electrons. The number of amides is 2. The molecule has 0 bridgehead atoms. The van der Waals surface area contributed by atoms with Gasteiger partial charge in [0.15, 0.2) is 0 Å². The minimum absolute atomic E-state index is 0.0691. The van der Waals surface area contributed by atoms with E-state index in [1.165, 1.54) is 9.21 Å². The minimum Gasteiger partial charge on any atom is -0.352 e. The molecule has 0 unspecified atom stereocenters. The van der Waals surface area contributed by atoms with Gasteiger partial charge in [-0.2, -0.15) is 0 Å². The number of hydrogen-bond acceptors (Lipinski definition) is 4. The number of carbonyl (C=O) groups excluding carboxylic acids is 2. The van der Waals surface area contributed by atoms with E-state index in [2.05, 4.69) is 5.32 Å². The average molecular weight is 557 g/mol. The molecule has 36 heavy (non-hydrogen) atoms. The van der Waals surface area contributed by atoms with Crippen LogP contribution >= 0.6 is 23.2 Å². The number of rotatable bonds is 12. The molecule has 0 spiro atoms. The minimum atomic E-state index is -3.54. The van der Waals surface area contributed by atoms with Crippen LogP contribution in [0.2, 0.25) is 10.0 Å². The van der Waals surface area contributed by atoms with Crippen molar-refractivity contribution >= 4 is 50.7 Å². The lowest BCUT2D eigenvalue weighted by atomic mass is 10.1. The van der Waals surface area contributed by atoms with Gasteiger partial charge < -0.3 is 10.2 Å². The molecular weight excluding hydrogens is 521 g/mol. The molecule has 0 saturated carbocycles. The van der Waals surface area contributed by atoms with Crippen LogP contribution in [0, 0.1) is 0 Å². The number of nitrogens with zero attached hydrogens (tertiary/aromatic N) is 2. The Morgan fingerprint density at radius 1 is 0.972 bits per heavy atom. The monoisotopic (exact) mass is 555 g/mol. The van der Waals surface area contributed by atoms with Gasteiger partial charge in [0.1, 0.15) is 6.04 Å². The molecule has 10 heteroatoms. The van der Waals surface area contributed by atoms with Crippen LogP contribution in [0.3, 0.4) is 0 Å². The van der Waals surface area contributed by atoms with Gasteiger partial charge >= 0.3 is 0 Å². The van der Waals surface area contributed by atoms with Crippen LogP contribution in [0.4, 0.5) is 5.69 Å². The topological polar surface area (TPSA) is 86.8 Å². The highest BCUT2D eigenvalue weighted by Gasteiger charge is 2.27. The number of anilines is 1. The first-order chi connectivity index (χ1) is 16.8. The van der Waals surface area contributed by atoms with E-state index in [1.54, 1.807) is 37.3 Å². The molecule has 0 fully saturated rings. The fourth-order valence-electron chi connectivity index (χ4n) is 3.72. The molecule has 2 aromatic rings. The van der Waals surface area contributed by atoms with Gasteiger partial charge in [0, 0.05) is 25.6 Å². The first kappa shape index (κ1) is 29.9. The van der Waals surface area contributed by atoms with E-state index in [4.69, 9.17) is 23.2 Å². The van der Waals surface area contributed by atoms with Crippen LogP contribution < -0.4 is 9.62 Å². The zero-order chi connectivity index (χ0) is 27.0. The summed E-state index contributed by atoms with van der Waals surface area (Å²) in [5, 5.41) is 3.60.